The summed E-state index contributed by atoms with van der Waals surface area (Å²) < 4.78 is 29.8. The molecule has 2 bridgehead atoms. The van der Waals surface area contributed by atoms with Crippen molar-refractivity contribution in [1.82, 2.24) is 14.1 Å². The van der Waals surface area contributed by atoms with Crippen LogP contribution >= 0.6 is 0 Å². The first-order chi connectivity index (χ1) is 11.1. The van der Waals surface area contributed by atoms with Crippen LogP contribution in [0.25, 0.3) is 0 Å². The lowest BCUT2D eigenvalue weighted by atomic mass is 9.89. The molecular formula is C16H25N3O4S. The van der Waals surface area contributed by atoms with Crippen LogP contribution in [0, 0.1) is 25.7 Å². The molecule has 3 atom stereocenters. The summed E-state index contributed by atoms with van der Waals surface area (Å²) in [6.45, 7) is 8.27. The molecule has 2 saturated heterocycles. The number of nitrogens with zero attached hydrogens (tertiary/aromatic N) is 3. The molecule has 0 saturated carbocycles. The molecule has 0 aromatic carbocycles. The lowest BCUT2D eigenvalue weighted by Crippen LogP contribution is -2.38. The summed E-state index contributed by atoms with van der Waals surface area (Å²) in [4.78, 5) is 11.7. The van der Waals surface area contributed by atoms with E-state index in [0.29, 0.717) is 36.7 Å². The van der Waals surface area contributed by atoms with Crippen LogP contribution in [0.1, 0.15) is 44.5 Å². The van der Waals surface area contributed by atoms with Gasteiger partial charge in [0.25, 0.3) is 0 Å². The van der Waals surface area contributed by atoms with E-state index in [1.54, 1.807) is 18.5 Å². The van der Waals surface area contributed by atoms with Gasteiger partial charge in [0.2, 0.25) is 10.0 Å². The molecule has 3 heterocycles. The van der Waals surface area contributed by atoms with Crippen LogP contribution < -0.4 is 0 Å². The highest BCUT2D eigenvalue weighted by Crippen LogP contribution is 2.45. The van der Waals surface area contributed by atoms with Gasteiger partial charge in [0, 0.05) is 18.6 Å². The van der Waals surface area contributed by atoms with Crippen LogP contribution in [0.3, 0.4) is 0 Å². The highest BCUT2D eigenvalue weighted by atomic mass is 32.2. The number of carboxylic acids is 1. The molecule has 134 valence electrons. The third-order valence-corrected chi connectivity index (χ3v) is 7.41. The fourth-order valence-electron chi connectivity index (χ4n) is 4.26. The molecule has 7 nitrogen and oxygen atoms in total. The van der Waals surface area contributed by atoms with E-state index in [9.17, 15) is 18.3 Å². The maximum atomic E-state index is 13.3. The van der Waals surface area contributed by atoms with E-state index in [1.165, 1.54) is 4.31 Å². The minimum absolute atomic E-state index is 0.201. The predicted molar refractivity (Wildman–Crippen MR) is 88.1 cm³/mol. The Morgan fingerprint density at radius 1 is 1.33 bits per heavy atom. The second kappa shape index (κ2) is 5.84. The van der Waals surface area contributed by atoms with E-state index < -0.39 is 28.0 Å². The molecule has 3 rings (SSSR count). The summed E-state index contributed by atoms with van der Waals surface area (Å²) in [6, 6.07) is -0.627. The molecule has 0 radical (unpaired) electrons. The minimum atomic E-state index is -3.73. The van der Waals surface area contributed by atoms with E-state index >= 15 is 0 Å². The summed E-state index contributed by atoms with van der Waals surface area (Å²) in [5.74, 6) is -1.13. The maximum absolute atomic E-state index is 13.3. The van der Waals surface area contributed by atoms with E-state index in [0.717, 1.165) is 6.42 Å². The molecule has 0 aliphatic carbocycles. The topological polar surface area (TPSA) is 92.5 Å². The van der Waals surface area contributed by atoms with Crippen molar-refractivity contribution in [3.05, 3.63) is 11.4 Å². The van der Waals surface area contributed by atoms with Gasteiger partial charge in [0.1, 0.15) is 4.90 Å². The van der Waals surface area contributed by atoms with Gasteiger partial charge in [0.15, 0.2) is 0 Å². The molecule has 2 aliphatic heterocycles. The van der Waals surface area contributed by atoms with Gasteiger partial charge in [-0.25, -0.2) is 8.42 Å². The fourth-order valence-corrected chi connectivity index (χ4v) is 6.56. The Hall–Kier alpha value is -1.41. The Kier molecular flexibility index (Phi) is 4.24. The standard InChI is InChI=1S/C16H25N3O4S/c1-9(2)8-18-11(4)15(10(3)17-18)24(22,23)19-12-5-6-14(19)13(7-12)16(20)21/h9,12-14H,5-8H2,1-4H3,(H,20,21). The second-order valence-corrected chi connectivity index (χ2v) is 9.17. The molecule has 2 aliphatic rings. The molecule has 0 spiro atoms. The van der Waals surface area contributed by atoms with Crippen molar-refractivity contribution in [2.24, 2.45) is 11.8 Å². The predicted octanol–water partition coefficient (Wildman–Crippen LogP) is 1.78. The van der Waals surface area contributed by atoms with E-state index in [-0.39, 0.29) is 10.9 Å². The van der Waals surface area contributed by atoms with E-state index in [4.69, 9.17) is 0 Å². The first kappa shape index (κ1) is 17.4. The zero-order valence-electron chi connectivity index (χ0n) is 14.6. The van der Waals surface area contributed by atoms with Crippen molar-refractivity contribution in [3.8, 4) is 0 Å². The fraction of sp³-hybridized carbons (Fsp3) is 0.750. The molecule has 8 heteroatoms. The Morgan fingerprint density at radius 2 is 2.00 bits per heavy atom. The summed E-state index contributed by atoms with van der Waals surface area (Å²) in [5.41, 5.74) is 1.13. The van der Waals surface area contributed by atoms with Gasteiger partial charge in [-0.3, -0.25) is 9.48 Å². The monoisotopic (exact) mass is 355 g/mol. The van der Waals surface area contributed by atoms with Gasteiger partial charge in [-0.1, -0.05) is 13.8 Å². The largest absolute Gasteiger partial charge is 0.481 e. The molecule has 1 aromatic heterocycles. The van der Waals surface area contributed by atoms with E-state index in [1.807, 2.05) is 0 Å². The van der Waals surface area contributed by atoms with Crippen molar-refractivity contribution >= 4 is 16.0 Å². The summed E-state index contributed by atoms with van der Waals surface area (Å²) in [7, 11) is -3.73. The van der Waals surface area contributed by atoms with Crippen molar-refractivity contribution in [2.75, 3.05) is 0 Å². The van der Waals surface area contributed by atoms with Gasteiger partial charge in [-0.15, -0.1) is 0 Å². The number of fused-ring (bicyclic) bond motifs is 2. The van der Waals surface area contributed by atoms with Gasteiger partial charge >= 0.3 is 5.97 Å². The molecule has 1 N–H and O–H groups in total. The van der Waals surface area contributed by atoms with Gasteiger partial charge in [0.05, 0.1) is 17.3 Å². The first-order valence-electron chi connectivity index (χ1n) is 8.45. The summed E-state index contributed by atoms with van der Waals surface area (Å²) in [6.07, 6.45) is 1.78. The SMILES string of the molecule is Cc1nn(CC(C)C)c(C)c1S(=O)(=O)N1C2CCC1C(C(=O)O)C2. The summed E-state index contributed by atoms with van der Waals surface area (Å²) in [5, 5.41) is 13.8. The minimum Gasteiger partial charge on any atom is -0.481 e. The Bertz CT molecular complexity index is 769. The number of carboxylic acid groups (broad SMARTS) is 1. The van der Waals surface area contributed by atoms with Gasteiger partial charge < -0.3 is 5.11 Å². The van der Waals surface area contributed by atoms with Gasteiger partial charge in [-0.2, -0.15) is 9.40 Å². The number of hydrogen-bond donors (Lipinski definition) is 1. The normalized spacial score (nSPS) is 27.3. The molecular weight excluding hydrogens is 330 g/mol. The van der Waals surface area contributed by atoms with Crippen molar-refractivity contribution in [2.45, 2.75) is 70.5 Å². The second-order valence-electron chi connectivity index (χ2n) is 7.39. The highest BCUT2D eigenvalue weighted by Gasteiger charge is 2.55. The number of aliphatic carboxylic acids is 1. The average Bonchev–Trinajstić information content (AvgIpc) is 3.10. The zero-order valence-corrected chi connectivity index (χ0v) is 15.4. The molecule has 3 unspecified atom stereocenters. The third kappa shape index (κ3) is 2.56. The van der Waals surface area contributed by atoms with Crippen LogP contribution in [0.5, 0.6) is 0 Å². The first-order valence-corrected chi connectivity index (χ1v) is 9.89. The number of rotatable bonds is 5. The highest BCUT2D eigenvalue weighted by molar-refractivity contribution is 7.89. The quantitative estimate of drug-likeness (QED) is 0.869. The lowest BCUT2D eigenvalue weighted by molar-refractivity contribution is -0.142. The van der Waals surface area contributed by atoms with Crippen LogP contribution in [0.2, 0.25) is 0 Å². The van der Waals surface area contributed by atoms with Gasteiger partial charge in [-0.05, 0) is 39.0 Å². The van der Waals surface area contributed by atoms with Crippen LogP contribution in [0.4, 0.5) is 0 Å². The molecule has 24 heavy (non-hydrogen) atoms. The number of carbonyl (C=O) groups is 1. The Labute approximate surface area is 142 Å². The molecule has 0 amide bonds. The third-order valence-electron chi connectivity index (χ3n) is 5.18. The lowest BCUT2D eigenvalue weighted by Gasteiger charge is -2.22. The van der Waals surface area contributed by atoms with E-state index in [2.05, 4.69) is 18.9 Å². The summed E-state index contributed by atoms with van der Waals surface area (Å²) >= 11 is 0. The number of hydrogen-bond acceptors (Lipinski definition) is 4. The van der Waals surface area contributed by atoms with Crippen molar-refractivity contribution in [3.63, 3.8) is 0 Å². The smallest absolute Gasteiger partial charge is 0.308 e. The maximum Gasteiger partial charge on any atom is 0.308 e. The molecule has 2 fully saturated rings. The van der Waals surface area contributed by atoms with Crippen LogP contribution in [-0.4, -0.2) is 45.7 Å². The van der Waals surface area contributed by atoms with Crippen molar-refractivity contribution in [1.29, 1.82) is 0 Å². The number of aryl methyl sites for hydroxylation is 1. The average molecular weight is 355 g/mol. The van der Waals surface area contributed by atoms with Crippen LogP contribution in [0.15, 0.2) is 4.90 Å². The Morgan fingerprint density at radius 3 is 2.54 bits per heavy atom. The molecule has 1 aromatic rings. The number of sulfonamides is 1. The van der Waals surface area contributed by atoms with Crippen LogP contribution in [-0.2, 0) is 21.4 Å². The zero-order chi connectivity index (χ0) is 17.8. The number of aromatic nitrogens is 2. The van der Waals surface area contributed by atoms with Crippen molar-refractivity contribution < 1.29 is 18.3 Å². The Balaban J connectivity index is 2.01.